The molecule has 0 spiro atoms. The molecule has 0 aromatic carbocycles. The first-order valence-electron chi connectivity index (χ1n) is 9.44. The molecule has 156 valence electrons. The molecule has 11 heteroatoms. The largest absolute Gasteiger partial charge is 0.454 e. The Balaban J connectivity index is 1.90. The van der Waals surface area contributed by atoms with E-state index in [1.165, 1.54) is 20.0 Å². The Kier molecular flexibility index (Phi) is 5.57. The second kappa shape index (κ2) is 7.94. The number of nitrogens with zero attached hydrogens (tertiary/aromatic N) is 5. The van der Waals surface area contributed by atoms with Gasteiger partial charge >= 0.3 is 11.7 Å². The van der Waals surface area contributed by atoms with Crippen molar-refractivity contribution in [3.8, 4) is 0 Å². The van der Waals surface area contributed by atoms with Crippen LogP contribution in [0.1, 0.15) is 55.8 Å². The quantitative estimate of drug-likeness (QED) is 0.559. The number of unbranched alkanes of at least 4 members (excludes halogenated alkanes) is 1. The van der Waals surface area contributed by atoms with E-state index in [4.69, 9.17) is 10.5 Å². The van der Waals surface area contributed by atoms with Crippen LogP contribution >= 0.6 is 0 Å². The summed E-state index contributed by atoms with van der Waals surface area (Å²) >= 11 is 0. The highest BCUT2D eigenvalue weighted by atomic mass is 16.5. The molecule has 3 aromatic rings. The predicted molar refractivity (Wildman–Crippen MR) is 107 cm³/mol. The summed E-state index contributed by atoms with van der Waals surface area (Å²) in [7, 11) is 1.63. The standard InChI is InChI=1S/C18H25N7O4/c1-5-6-7-24-15-13(16(26)22-18(24)28)23(4)12(21-15)9-29-17(27)11-8-20-25(10(2)3)14(11)19/h8,10H,5-7,9,19H2,1-4H3,(H,22,26,28). The van der Waals surface area contributed by atoms with Crippen molar-refractivity contribution in [3.05, 3.63) is 38.4 Å². The van der Waals surface area contributed by atoms with E-state index in [2.05, 4.69) is 15.1 Å². The Morgan fingerprint density at radius 1 is 1.34 bits per heavy atom. The van der Waals surface area contributed by atoms with Crippen molar-refractivity contribution in [1.82, 2.24) is 28.9 Å². The molecule has 3 aromatic heterocycles. The normalized spacial score (nSPS) is 11.5. The van der Waals surface area contributed by atoms with E-state index in [0.29, 0.717) is 12.4 Å². The SMILES string of the molecule is CCCCn1c(=O)[nH]c(=O)c2c1nc(COC(=O)c1cnn(C(C)C)c1N)n2C. The lowest BCUT2D eigenvalue weighted by Gasteiger charge is -2.08. The van der Waals surface area contributed by atoms with Crippen LogP contribution in [0.3, 0.4) is 0 Å². The van der Waals surface area contributed by atoms with Gasteiger partial charge in [-0.1, -0.05) is 13.3 Å². The first-order chi connectivity index (χ1) is 13.8. The number of nitrogens with one attached hydrogen (secondary N) is 1. The van der Waals surface area contributed by atoms with E-state index in [0.717, 1.165) is 12.8 Å². The molecule has 3 heterocycles. The third-order valence-electron chi connectivity index (χ3n) is 4.72. The number of fused-ring (bicyclic) bond motifs is 1. The Labute approximate surface area is 166 Å². The van der Waals surface area contributed by atoms with E-state index < -0.39 is 17.2 Å². The fourth-order valence-corrected chi connectivity index (χ4v) is 3.09. The van der Waals surface area contributed by atoms with Gasteiger partial charge in [-0.05, 0) is 20.3 Å². The number of nitrogens with two attached hydrogens (primary N) is 1. The third-order valence-corrected chi connectivity index (χ3v) is 4.72. The smallest absolute Gasteiger partial charge is 0.343 e. The van der Waals surface area contributed by atoms with Crippen molar-refractivity contribution in [2.45, 2.75) is 52.8 Å². The zero-order chi connectivity index (χ0) is 21.3. The number of aromatic amines is 1. The fourth-order valence-electron chi connectivity index (χ4n) is 3.09. The first-order valence-corrected chi connectivity index (χ1v) is 9.44. The average molecular weight is 403 g/mol. The second-order valence-corrected chi connectivity index (χ2v) is 7.08. The van der Waals surface area contributed by atoms with Crippen molar-refractivity contribution < 1.29 is 9.53 Å². The molecule has 0 radical (unpaired) electrons. The van der Waals surface area contributed by atoms with E-state index in [1.807, 2.05) is 20.8 Å². The molecule has 0 saturated carbocycles. The zero-order valence-electron chi connectivity index (χ0n) is 16.9. The van der Waals surface area contributed by atoms with E-state index in [-0.39, 0.29) is 35.2 Å². The monoisotopic (exact) mass is 403 g/mol. The number of rotatable bonds is 7. The molecule has 0 unspecified atom stereocenters. The van der Waals surface area contributed by atoms with Crippen LogP contribution in [0.2, 0.25) is 0 Å². The number of carbonyl (C=O) groups is 1. The summed E-state index contributed by atoms with van der Waals surface area (Å²) < 4.78 is 9.80. The van der Waals surface area contributed by atoms with Crippen LogP contribution in [-0.4, -0.2) is 34.9 Å². The highest BCUT2D eigenvalue weighted by molar-refractivity contribution is 5.94. The minimum absolute atomic E-state index is 0.00275. The summed E-state index contributed by atoms with van der Waals surface area (Å²) in [6.45, 7) is 6.05. The van der Waals surface area contributed by atoms with Crippen LogP contribution in [0.15, 0.2) is 15.8 Å². The maximum absolute atomic E-state index is 12.4. The van der Waals surface area contributed by atoms with Crippen molar-refractivity contribution in [1.29, 1.82) is 0 Å². The topological polar surface area (TPSA) is 143 Å². The number of anilines is 1. The van der Waals surface area contributed by atoms with Crippen LogP contribution in [-0.2, 0) is 24.9 Å². The van der Waals surface area contributed by atoms with Gasteiger partial charge < -0.3 is 15.0 Å². The number of aryl methyl sites for hydroxylation is 2. The molecule has 0 fully saturated rings. The summed E-state index contributed by atoms with van der Waals surface area (Å²) in [5, 5.41) is 4.09. The molecular formula is C18H25N7O4. The Morgan fingerprint density at radius 3 is 2.69 bits per heavy atom. The van der Waals surface area contributed by atoms with E-state index in [1.54, 1.807) is 7.05 Å². The van der Waals surface area contributed by atoms with E-state index in [9.17, 15) is 14.4 Å². The summed E-state index contributed by atoms with van der Waals surface area (Å²) in [6.07, 6.45) is 3.01. The molecule has 0 saturated heterocycles. The van der Waals surface area contributed by atoms with Crippen molar-refractivity contribution >= 4 is 23.0 Å². The molecular weight excluding hydrogens is 378 g/mol. The fraction of sp³-hybridized carbons (Fsp3) is 0.500. The highest BCUT2D eigenvalue weighted by Gasteiger charge is 2.21. The Hall–Kier alpha value is -3.37. The molecule has 3 rings (SSSR count). The summed E-state index contributed by atoms with van der Waals surface area (Å²) in [6, 6.07) is 0.00275. The van der Waals surface area contributed by atoms with E-state index >= 15 is 0 Å². The molecule has 0 aliphatic heterocycles. The zero-order valence-corrected chi connectivity index (χ0v) is 16.9. The molecule has 3 N–H and O–H groups in total. The number of ether oxygens (including phenoxy) is 1. The maximum Gasteiger partial charge on any atom is 0.343 e. The highest BCUT2D eigenvalue weighted by Crippen LogP contribution is 2.18. The van der Waals surface area contributed by atoms with Gasteiger partial charge in [0.15, 0.2) is 11.2 Å². The van der Waals surface area contributed by atoms with Gasteiger partial charge in [-0.15, -0.1) is 0 Å². The van der Waals surface area contributed by atoms with Crippen LogP contribution in [0.4, 0.5) is 5.82 Å². The third kappa shape index (κ3) is 3.67. The minimum atomic E-state index is -0.640. The van der Waals surface area contributed by atoms with Gasteiger partial charge in [0.2, 0.25) is 0 Å². The van der Waals surface area contributed by atoms with Gasteiger partial charge in [0.25, 0.3) is 5.56 Å². The first kappa shape index (κ1) is 20.4. The lowest BCUT2D eigenvalue weighted by atomic mass is 10.3. The number of nitrogen functional groups attached to an aromatic ring is 1. The molecule has 0 aliphatic rings. The number of hydrogen-bond donors (Lipinski definition) is 2. The molecule has 11 nitrogen and oxygen atoms in total. The van der Waals surface area contributed by atoms with Crippen molar-refractivity contribution in [2.24, 2.45) is 7.05 Å². The van der Waals surface area contributed by atoms with Gasteiger partial charge in [-0.2, -0.15) is 5.10 Å². The molecule has 0 bridgehead atoms. The van der Waals surface area contributed by atoms with Gasteiger partial charge in [0, 0.05) is 19.6 Å². The van der Waals surface area contributed by atoms with Crippen LogP contribution in [0, 0.1) is 0 Å². The van der Waals surface area contributed by atoms with Gasteiger partial charge in [0.05, 0.1) is 6.20 Å². The lowest BCUT2D eigenvalue weighted by Crippen LogP contribution is -2.31. The average Bonchev–Trinajstić information content (AvgIpc) is 3.20. The lowest BCUT2D eigenvalue weighted by molar-refractivity contribution is 0.0461. The summed E-state index contributed by atoms with van der Waals surface area (Å²) in [4.78, 5) is 43.6. The van der Waals surface area contributed by atoms with Gasteiger partial charge in [-0.25, -0.2) is 19.3 Å². The number of H-pyrrole nitrogens is 1. The number of esters is 1. The Bertz CT molecular complexity index is 1170. The number of aromatic nitrogens is 6. The minimum Gasteiger partial charge on any atom is -0.454 e. The van der Waals surface area contributed by atoms with Crippen LogP contribution in [0.5, 0.6) is 0 Å². The number of carbonyl (C=O) groups excluding carboxylic acids is 1. The van der Waals surface area contributed by atoms with Gasteiger partial charge in [-0.3, -0.25) is 14.3 Å². The maximum atomic E-state index is 12.4. The van der Waals surface area contributed by atoms with Crippen molar-refractivity contribution in [2.75, 3.05) is 5.73 Å². The summed E-state index contributed by atoms with van der Waals surface area (Å²) in [5.41, 5.74) is 5.60. The van der Waals surface area contributed by atoms with Crippen LogP contribution in [0.25, 0.3) is 11.2 Å². The summed E-state index contributed by atoms with van der Waals surface area (Å²) in [5.74, 6) is -0.0805. The number of imidazole rings is 1. The van der Waals surface area contributed by atoms with Gasteiger partial charge in [0.1, 0.15) is 23.8 Å². The molecule has 0 amide bonds. The van der Waals surface area contributed by atoms with Crippen LogP contribution < -0.4 is 17.0 Å². The molecule has 29 heavy (non-hydrogen) atoms. The molecule has 0 atom stereocenters. The number of hydrogen-bond acceptors (Lipinski definition) is 7. The molecule has 0 aliphatic carbocycles. The Morgan fingerprint density at radius 2 is 2.07 bits per heavy atom. The second-order valence-electron chi connectivity index (χ2n) is 7.08. The van der Waals surface area contributed by atoms with Crippen molar-refractivity contribution in [3.63, 3.8) is 0 Å². The predicted octanol–water partition coefficient (Wildman–Crippen LogP) is 0.940.